The van der Waals surface area contributed by atoms with Crippen LogP contribution in [0.25, 0.3) is 0 Å². The van der Waals surface area contributed by atoms with Crippen molar-refractivity contribution < 1.29 is 14.4 Å². The van der Waals surface area contributed by atoms with Gasteiger partial charge in [-0.15, -0.1) is 0 Å². The summed E-state index contributed by atoms with van der Waals surface area (Å²) in [6.07, 6.45) is 10.6. The molecule has 1 aromatic carbocycles. The molecule has 2 N–H and O–H groups in total. The van der Waals surface area contributed by atoms with E-state index in [-0.39, 0.29) is 11.8 Å². The van der Waals surface area contributed by atoms with Gasteiger partial charge in [-0.25, -0.2) is 0 Å². The Bertz CT molecular complexity index is 638. The number of rotatable bonds is 4. The molecule has 0 amide bonds. The van der Waals surface area contributed by atoms with E-state index in [0.29, 0.717) is 0 Å². The maximum Gasteiger partial charge on any atom is 0.336 e. The lowest BCUT2D eigenvalue weighted by atomic mass is 9.64. The zero-order valence-corrected chi connectivity index (χ0v) is 17.5. The molecule has 0 aliphatic heterocycles. The summed E-state index contributed by atoms with van der Waals surface area (Å²) in [5.74, 6) is 0.195. The maximum absolute atomic E-state index is 13.3. The van der Waals surface area contributed by atoms with Crippen molar-refractivity contribution >= 4 is 7.60 Å². The first kappa shape index (κ1) is 20.1. The van der Waals surface area contributed by atoms with E-state index in [0.717, 1.165) is 68.1 Å². The summed E-state index contributed by atoms with van der Waals surface area (Å²) in [7, 11) is -4.33. The average molecular weight is 378 g/mol. The molecule has 4 heteroatoms. The fourth-order valence-corrected chi connectivity index (χ4v) is 8.37. The summed E-state index contributed by atoms with van der Waals surface area (Å²) >= 11 is 0. The molecule has 26 heavy (non-hydrogen) atoms. The molecule has 2 aliphatic carbocycles. The summed E-state index contributed by atoms with van der Waals surface area (Å²) in [5.41, 5.74) is 4.30. The molecule has 3 rings (SSSR count). The van der Waals surface area contributed by atoms with E-state index in [9.17, 15) is 14.4 Å². The minimum Gasteiger partial charge on any atom is -0.324 e. The highest BCUT2D eigenvalue weighted by Gasteiger charge is 2.59. The van der Waals surface area contributed by atoms with E-state index in [4.69, 9.17) is 0 Å². The topological polar surface area (TPSA) is 57.5 Å². The molecular weight excluding hydrogens is 343 g/mol. The Hall–Kier alpha value is -0.630. The lowest BCUT2D eigenvalue weighted by Crippen LogP contribution is -2.45. The van der Waals surface area contributed by atoms with E-state index >= 15 is 0 Å². The average Bonchev–Trinajstić information content (AvgIpc) is 2.58. The van der Waals surface area contributed by atoms with Gasteiger partial charge in [-0.2, -0.15) is 0 Å². The number of benzene rings is 1. The largest absolute Gasteiger partial charge is 0.336 e. The van der Waals surface area contributed by atoms with Crippen molar-refractivity contribution in [3.8, 4) is 0 Å². The summed E-state index contributed by atoms with van der Waals surface area (Å²) in [4.78, 5) is 21.8. The van der Waals surface area contributed by atoms with Gasteiger partial charge < -0.3 is 9.79 Å². The van der Waals surface area contributed by atoms with Gasteiger partial charge in [-0.05, 0) is 75.0 Å². The third kappa shape index (κ3) is 3.43. The third-order valence-electron chi connectivity index (χ3n) is 7.01. The molecule has 2 aliphatic rings. The van der Waals surface area contributed by atoms with Crippen molar-refractivity contribution in [3.63, 3.8) is 0 Å². The van der Waals surface area contributed by atoms with Gasteiger partial charge in [0.1, 0.15) is 5.16 Å². The van der Waals surface area contributed by atoms with Crippen molar-refractivity contribution in [2.45, 2.75) is 90.1 Å². The summed E-state index contributed by atoms with van der Waals surface area (Å²) in [5, 5.41) is -0.990. The molecule has 0 atom stereocenters. The van der Waals surface area contributed by atoms with Gasteiger partial charge in [0, 0.05) is 0 Å². The van der Waals surface area contributed by atoms with Crippen LogP contribution in [0.15, 0.2) is 12.1 Å². The van der Waals surface area contributed by atoms with E-state index < -0.39 is 12.8 Å². The fourth-order valence-electron chi connectivity index (χ4n) is 6.26. The van der Waals surface area contributed by atoms with Crippen molar-refractivity contribution in [2.75, 3.05) is 0 Å². The quantitative estimate of drug-likeness (QED) is 0.618. The highest BCUT2D eigenvalue weighted by Crippen LogP contribution is 2.70. The highest BCUT2D eigenvalue weighted by atomic mass is 31.2. The molecule has 0 spiro atoms. The zero-order valence-electron chi connectivity index (χ0n) is 16.6. The molecule has 0 heterocycles. The van der Waals surface area contributed by atoms with E-state index in [1.807, 2.05) is 0 Å². The second kappa shape index (κ2) is 7.78. The first-order valence-electron chi connectivity index (χ1n) is 10.4. The highest BCUT2D eigenvalue weighted by molar-refractivity contribution is 7.53. The van der Waals surface area contributed by atoms with Gasteiger partial charge in [0.15, 0.2) is 0 Å². The number of hydrogen-bond acceptors (Lipinski definition) is 1. The van der Waals surface area contributed by atoms with Crippen molar-refractivity contribution in [1.82, 2.24) is 0 Å². The van der Waals surface area contributed by atoms with Gasteiger partial charge in [0.05, 0.1) is 0 Å². The molecular formula is C22H35O3P. The molecule has 0 radical (unpaired) electrons. The molecule has 1 aromatic rings. The fraction of sp³-hybridized carbons (Fsp3) is 0.727. The van der Waals surface area contributed by atoms with Gasteiger partial charge >= 0.3 is 7.60 Å². The van der Waals surface area contributed by atoms with Crippen LogP contribution in [0.3, 0.4) is 0 Å². The normalized spacial score (nSPS) is 21.1. The van der Waals surface area contributed by atoms with E-state index in [2.05, 4.69) is 32.9 Å². The minimum atomic E-state index is -4.33. The molecule has 3 nitrogen and oxygen atoms in total. The molecule has 0 aromatic heterocycles. The van der Waals surface area contributed by atoms with Crippen molar-refractivity contribution in [1.29, 1.82) is 0 Å². The first-order chi connectivity index (χ1) is 12.3. The van der Waals surface area contributed by atoms with Gasteiger partial charge in [-0.3, -0.25) is 4.57 Å². The van der Waals surface area contributed by atoms with Crippen LogP contribution < -0.4 is 0 Å². The van der Waals surface area contributed by atoms with E-state index in [1.54, 1.807) is 0 Å². The summed E-state index contributed by atoms with van der Waals surface area (Å²) < 4.78 is 13.3. The smallest absolute Gasteiger partial charge is 0.324 e. The third-order valence-corrected chi connectivity index (χ3v) is 8.93. The minimum absolute atomic E-state index is 0.0975. The summed E-state index contributed by atoms with van der Waals surface area (Å²) in [6.45, 7) is 6.20. The number of hydrogen-bond donors (Lipinski definition) is 2. The monoisotopic (exact) mass is 378 g/mol. The molecule has 2 saturated carbocycles. The SMILES string of the molecule is Cc1cc(C)c(C(C2CCCCC2)(C2CCCCC2)P(=O)(O)O)c(C)c1. The summed E-state index contributed by atoms with van der Waals surface area (Å²) in [6, 6.07) is 4.25. The molecule has 0 saturated heterocycles. The molecule has 0 unspecified atom stereocenters. The van der Waals surface area contributed by atoms with Gasteiger partial charge in [0.2, 0.25) is 0 Å². The van der Waals surface area contributed by atoms with Crippen molar-refractivity contribution in [3.05, 3.63) is 34.4 Å². The van der Waals surface area contributed by atoms with E-state index in [1.165, 1.54) is 18.4 Å². The Morgan fingerprint density at radius 1 is 0.808 bits per heavy atom. The molecule has 0 bridgehead atoms. The Balaban J connectivity index is 2.27. The zero-order chi connectivity index (χ0) is 18.9. The lowest BCUT2D eigenvalue weighted by molar-refractivity contribution is 0.134. The van der Waals surface area contributed by atoms with Gasteiger partial charge in [0.25, 0.3) is 0 Å². The Morgan fingerprint density at radius 2 is 1.19 bits per heavy atom. The van der Waals surface area contributed by atoms with Crippen LogP contribution in [-0.2, 0) is 9.72 Å². The second-order valence-electron chi connectivity index (χ2n) is 8.81. The van der Waals surface area contributed by atoms with Crippen LogP contribution in [0.2, 0.25) is 0 Å². The Morgan fingerprint density at radius 3 is 1.54 bits per heavy atom. The maximum atomic E-state index is 13.3. The van der Waals surface area contributed by atoms with Crippen molar-refractivity contribution in [2.24, 2.45) is 11.8 Å². The van der Waals surface area contributed by atoms with Crippen LogP contribution in [0, 0.1) is 32.6 Å². The number of aryl methyl sites for hydroxylation is 3. The Labute approximate surface area is 158 Å². The molecule has 2 fully saturated rings. The predicted molar refractivity (Wildman–Crippen MR) is 108 cm³/mol. The standard InChI is InChI=1S/C22H35O3P/c1-16-14-17(2)21(18(3)15-16)22(26(23,24)25,19-10-6-4-7-11-19)20-12-8-5-9-13-20/h14-15,19-20H,4-13H2,1-3H3,(H2,23,24,25). The first-order valence-corrected chi connectivity index (χ1v) is 12.0. The van der Waals surface area contributed by atoms with Gasteiger partial charge in [-0.1, -0.05) is 56.2 Å². The predicted octanol–water partition coefficient (Wildman–Crippen LogP) is 6.15. The lowest BCUT2D eigenvalue weighted by Gasteiger charge is -2.50. The van der Waals surface area contributed by atoms with Crippen LogP contribution >= 0.6 is 7.60 Å². The van der Waals surface area contributed by atoms with Crippen LogP contribution in [-0.4, -0.2) is 9.79 Å². The van der Waals surface area contributed by atoms with Crippen LogP contribution in [0.1, 0.15) is 86.5 Å². The van der Waals surface area contributed by atoms with Crippen LogP contribution in [0.5, 0.6) is 0 Å². The molecule has 146 valence electrons. The second-order valence-corrected chi connectivity index (χ2v) is 10.6. The van der Waals surface area contributed by atoms with Crippen LogP contribution in [0.4, 0.5) is 0 Å². The Kier molecular flexibility index (Phi) is 6.02.